The van der Waals surface area contributed by atoms with E-state index in [-0.39, 0.29) is 35.4 Å². The van der Waals surface area contributed by atoms with Gasteiger partial charge in [-0.1, -0.05) is 12.8 Å². The molecule has 1 aromatic heterocycles. The van der Waals surface area contributed by atoms with Gasteiger partial charge in [0.05, 0.1) is 23.4 Å². The molecule has 7 heteroatoms. The van der Waals surface area contributed by atoms with E-state index in [1.54, 1.807) is 12.5 Å². The van der Waals surface area contributed by atoms with Crippen molar-refractivity contribution < 1.29 is 13.2 Å². The van der Waals surface area contributed by atoms with Crippen LogP contribution >= 0.6 is 0 Å². The van der Waals surface area contributed by atoms with Gasteiger partial charge in [-0.25, -0.2) is 13.4 Å². The molecule has 23 heavy (non-hydrogen) atoms. The van der Waals surface area contributed by atoms with Crippen LogP contribution in [-0.4, -0.2) is 40.9 Å². The van der Waals surface area contributed by atoms with Gasteiger partial charge < -0.3 is 9.88 Å². The van der Waals surface area contributed by atoms with Crippen molar-refractivity contribution in [1.29, 1.82) is 0 Å². The van der Waals surface area contributed by atoms with E-state index in [9.17, 15) is 13.2 Å². The molecule has 0 aliphatic heterocycles. The average molecular weight is 339 g/mol. The molecular weight excluding hydrogens is 314 g/mol. The van der Waals surface area contributed by atoms with Gasteiger partial charge in [-0.15, -0.1) is 0 Å². The molecule has 0 spiro atoms. The lowest BCUT2D eigenvalue weighted by Gasteiger charge is -2.22. The number of carbonyl (C=O) groups excluding carboxylic acids is 1. The fraction of sp³-hybridized carbons (Fsp3) is 0.750. The number of imidazole rings is 1. The Morgan fingerprint density at radius 1 is 1.17 bits per heavy atom. The molecule has 128 valence electrons. The van der Waals surface area contributed by atoms with E-state index in [0.717, 1.165) is 44.9 Å². The summed E-state index contributed by atoms with van der Waals surface area (Å²) in [6, 6.07) is 0.304. The van der Waals surface area contributed by atoms with E-state index in [2.05, 4.69) is 10.3 Å². The number of rotatable bonds is 6. The molecule has 0 aromatic carbocycles. The highest BCUT2D eigenvalue weighted by molar-refractivity contribution is 7.92. The number of aromatic nitrogens is 2. The second kappa shape index (κ2) is 7.03. The molecule has 6 nitrogen and oxygen atoms in total. The van der Waals surface area contributed by atoms with Gasteiger partial charge >= 0.3 is 0 Å². The Kier molecular flexibility index (Phi) is 5.04. The molecule has 1 amide bonds. The molecule has 0 bridgehead atoms. The number of amides is 1. The number of hydrogen-bond donors (Lipinski definition) is 1. The van der Waals surface area contributed by atoms with Crippen molar-refractivity contribution in [3.63, 3.8) is 0 Å². The topological polar surface area (TPSA) is 81.1 Å². The van der Waals surface area contributed by atoms with Crippen LogP contribution in [0.3, 0.4) is 0 Å². The second-order valence-corrected chi connectivity index (χ2v) is 9.11. The lowest BCUT2D eigenvalue weighted by molar-refractivity contribution is -0.121. The molecule has 1 aromatic rings. The minimum Gasteiger partial charge on any atom is -0.351 e. The predicted molar refractivity (Wildman–Crippen MR) is 87.7 cm³/mol. The normalized spacial score (nSPS) is 25.7. The van der Waals surface area contributed by atoms with Gasteiger partial charge in [-0.2, -0.15) is 0 Å². The molecule has 2 saturated carbocycles. The van der Waals surface area contributed by atoms with Crippen molar-refractivity contribution in [2.45, 2.75) is 68.7 Å². The van der Waals surface area contributed by atoms with Crippen molar-refractivity contribution in [1.82, 2.24) is 14.9 Å². The highest BCUT2D eigenvalue weighted by atomic mass is 32.2. The summed E-state index contributed by atoms with van der Waals surface area (Å²) in [5.41, 5.74) is 0. The first-order chi connectivity index (χ1) is 11.1. The first-order valence-corrected chi connectivity index (χ1v) is 10.3. The molecule has 2 aliphatic carbocycles. The zero-order chi connectivity index (χ0) is 16.3. The lowest BCUT2D eigenvalue weighted by atomic mass is 10.1. The van der Waals surface area contributed by atoms with Crippen LogP contribution in [0.5, 0.6) is 0 Å². The highest BCUT2D eigenvalue weighted by Gasteiger charge is 2.31. The molecule has 1 N–H and O–H groups in total. The maximum atomic E-state index is 12.2. The first kappa shape index (κ1) is 16.5. The molecule has 2 atom stereocenters. The molecule has 2 fully saturated rings. The summed E-state index contributed by atoms with van der Waals surface area (Å²) in [4.78, 5) is 16.2. The van der Waals surface area contributed by atoms with Gasteiger partial charge in [-0.3, -0.25) is 4.79 Å². The fourth-order valence-corrected chi connectivity index (χ4v) is 5.71. The van der Waals surface area contributed by atoms with Gasteiger partial charge in [0.2, 0.25) is 5.91 Å². The minimum atomic E-state index is -3.12. The maximum absolute atomic E-state index is 12.2. The number of hydrogen-bond acceptors (Lipinski definition) is 4. The predicted octanol–water partition coefficient (Wildman–Crippen LogP) is 1.84. The Morgan fingerprint density at radius 2 is 1.96 bits per heavy atom. The maximum Gasteiger partial charge on any atom is 0.221 e. The van der Waals surface area contributed by atoms with Crippen molar-refractivity contribution in [2.75, 3.05) is 5.75 Å². The van der Waals surface area contributed by atoms with Crippen molar-refractivity contribution >= 4 is 15.7 Å². The van der Waals surface area contributed by atoms with Crippen molar-refractivity contribution in [3.05, 3.63) is 18.7 Å². The quantitative estimate of drug-likeness (QED) is 0.857. The SMILES string of the molecule is O=C(CCS(=O)(=O)C1CCCC1)N[C@@H]1CCC[C@@H]1n1ccnc1. The van der Waals surface area contributed by atoms with Gasteiger partial charge in [0.25, 0.3) is 0 Å². The third-order valence-corrected chi connectivity index (χ3v) is 7.42. The van der Waals surface area contributed by atoms with E-state index in [1.807, 2.05) is 10.8 Å². The molecule has 0 radical (unpaired) electrons. The third kappa shape index (κ3) is 3.94. The number of sulfone groups is 1. The van der Waals surface area contributed by atoms with Crippen LogP contribution in [0.1, 0.15) is 57.4 Å². The molecular formula is C16H25N3O3S. The monoisotopic (exact) mass is 339 g/mol. The van der Waals surface area contributed by atoms with E-state index >= 15 is 0 Å². The van der Waals surface area contributed by atoms with Crippen LogP contribution in [0.2, 0.25) is 0 Å². The third-order valence-electron chi connectivity index (χ3n) is 5.16. The molecule has 2 aliphatic rings. The number of carbonyl (C=O) groups is 1. The fourth-order valence-electron chi connectivity index (χ4n) is 3.86. The van der Waals surface area contributed by atoms with Gasteiger partial charge in [0.15, 0.2) is 9.84 Å². The van der Waals surface area contributed by atoms with Crippen LogP contribution in [-0.2, 0) is 14.6 Å². The Labute approximate surface area is 137 Å². The summed E-state index contributed by atoms with van der Waals surface area (Å²) in [6.45, 7) is 0. The summed E-state index contributed by atoms with van der Waals surface area (Å²) in [5.74, 6) is -0.171. The Bertz CT molecular complexity index is 621. The molecule has 0 saturated heterocycles. The summed E-state index contributed by atoms with van der Waals surface area (Å²) in [6.07, 6.45) is 12.0. The van der Waals surface area contributed by atoms with Crippen LogP contribution < -0.4 is 5.32 Å². The van der Waals surface area contributed by atoms with Crippen LogP contribution in [0, 0.1) is 0 Å². The number of nitrogens with zero attached hydrogens (tertiary/aromatic N) is 2. The molecule has 3 rings (SSSR count). The van der Waals surface area contributed by atoms with Gasteiger partial charge in [0.1, 0.15) is 0 Å². The summed E-state index contributed by atoms with van der Waals surface area (Å²) >= 11 is 0. The van der Waals surface area contributed by atoms with Crippen molar-refractivity contribution in [2.24, 2.45) is 0 Å². The van der Waals surface area contributed by atoms with E-state index < -0.39 is 9.84 Å². The van der Waals surface area contributed by atoms with Crippen LogP contribution in [0.25, 0.3) is 0 Å². The Hall–Kier alpha value is -1.37. The second-order valence-electron chi connectivity index (χ2n) is 6.71. The largest absolute Gasteiger partial charge is 0.351 e. The van der Waals surface area contributed by atoms with Crippen molar-refractivity contribution in [3.8, 4) is 0 Å². The smallest absolute Gasteiger partial charge is 0.221 e. The average Bonchev–Trinajstić information content (AvgIpc) is 3.25. The van der Waals surface area contributed by atoms with E-state index in [4.69, 9.17) is 0 Å². The summed E-state index contributed by atoms with van der Waals surface area (Å²) in [5, 5.41) is 2.81. The lowest BCUT2D eigenvalue weighted by Crippen LogP contribution is -2.39. The van der Waals surface area contributed by atoms with Crippen LogP contribution in [0.4, 0.5) is 0 Å². The zero-order valence-corrected chi connectivity index (χ0v) is 14.2. The van der Waals surface area contributed by atoms with Gasteiger partial charge in [0, 0.05) is 24.9 Å². The Morgan fingerprint density at radius 3 is 2.65 bits per heavy atom. The minimum absolute atomic E-state index is 0.0219. The Balaban J connectivity index is 1.51. The summed E-state index contributed by atoms with van der Waals surface area (Å²) < 4.78 is 26.5. The molecule has 0 unspecified atom stereocenters. The summed E-state index contributed by atoms with van der Waals surface area (Å²) in [7, 11) is -3.12. The first-order valence-electron chi connectivity index (χ1n) is 8.54. The molecule has 1 heterocycles. The zero-order valence-electron chi connectivity index (χ0n) is 13.4. The standard InChI is InChI=1S/C16H25N3O3S/c20-16(8-11-23(21,22)13-4-1-2-5-13)18-14-6-3-7-15(14)19-10-9-17-12-19/h9-10,12-15H,1-8,11H2,(H,18,20)/t14-,15+/m1/s1. The highest BCUT2D eigenvalue weighted by Crippen LogP contribution is 2.30. The van der Waals surface area contributed by atoms with Gasteiger partial charge in [-0.05, 0) is 32.1 Å². The van der Waals surface area contributed by atoms with E-state index in [0.29, 0.717) is 0 Å². The van der Waals surface area contributed by atoms with Crippen LogP contribution in [0.15, 0.2) is 18.7 Å². The number of nitrogens with one attached hydrogen (secondary N) is 1. The van der Waals surface area contributed by atoms with E-state index in [1.165, 1.54) is 0 Å².